The highest BCUT2D eigenvalue weighted by atomic mass is 16.5. The van der Waals surface area contributed by atoms with Crippen molar-refractivity contribution >= 4 is 5.91 Å². The predicted molar refractivity (Wildman–Crippen MR) is 45.9 cm³/mol. The minimum Gasteiger partial charge on any atom is -0.386 e. The van der Waals surface area contributed by atoms with E-state index >= 15 is 0 Å². The molecule has 0 radical (unpaired) electrons. The molecule has 2 atom stereocenters. The second-order valence-electron chi connectivity index (χ2n) is 3.72. The number of piperidine rings is 1. The summed E-state index contributed by atoms with van der Waals surface area (Å²) in [7, 11) is 0. The fourth-order valence-electron chi connectivity index (χ4n) is 2.31. The summed E-state index contributed by atoms with van der Waals surface area (Å²) < 4.78 is 5.74. The van der Waals surface area contributed by atoms with Gasteiger partial charge in [-0.05, 0) is 12.8 Å². The third kappa shape index (κ3) is 0.920. The van der Waals surface area contributed by atoms with Crippen LogP contribution in [-0.4, -0.2) is 31.2 Å². The van der Waals surface area contributed by atoms with Crippen LogP contribution < -0.4 is 10.6 Å². The maximum absolute atomic E-state index is 11.4. The summed E-state index contributed by atoms with van der Waals surface area (Å²) in [6.45, 7) is 1.62. The largest absolute Gasteiger partial charge is 0.386 e. The van der Waals surface area contributed by atoms with Crippen LogP contribution in [0.15, 0.2) is 11.3 Å². The molecule has 1 amide bonds. The monoisotopic (exact) mass is 180 g/mol. The van der Waals surface area contributed by atoms with Crippen molar-refractivity contribution in [1.82, 2.24) is 10.6 Å². The van der Waals surface area contributed by atoms with Gasteiger partial charge in [-0.3, -0.25) is 4.79 Å². The van der Waals surface area contributed by atoms with Gasteiger partial charge in [0.15, 0.2) is 0 Å². The lowest BCUT2D eigenvalue weighted by atomic mass is 10.0. The third-order valence-electron chi connectivity index (χ3n) is 2.91. The molecule has 3 aliphatic heterocycles. The van der Waals surface area contributed by atoms with Crippen LogP contribution in [0.3, 0.4) is 0 Å². The Labute approximate surface area is 76.3 Å². The van der Waals surface area contributed by atoms with Gasteiger partial charge in [-0.1, -0.05) is 0 Å². The first-order chi connectivity index (χ1) is 6.36. The molecule has 70 valence electrons. The average molecular weight is 180 g/mol. The molecule has 0 aromatic heterocycles. The lowest BCUT2D eigenvalue weighted by molar-refractivity contribution is -0.116. The second kappa shape index (κ2) is 2.48. The molecule has 3 heterocycles. The van der Waals surface area contributed by atoms with E-state index in [4.69, 9.17) is 4.74 Å². The van der Waals surface area contributed by atoms with Crippen molar-refractivity contribution < 1.29 is 9.53 Å². The molecule has 0 bridgehead atoms. The molecule has 2 unspecified atom stereocenters. The Bertz CT molecular complexity index is 298. The van der Waals surface area contributed by atoms with E-state index in [1.54, 1.807) is 0 Å². The Hall–Kier alpha value is -1.03. The molecule has 0 aliphatic carbocycles. The molecule has 0 aromatic carbocycles. The summed E-state index contributed by atoms with van der Waals surface area (Å²) in [5.74, 6) is 0.0527. The highest BCUT2D eigenvalue weighted by molar-refractivity contribution is 5.98. The molecular formula is C9H12N2O2. The maximum atomic E-state index is 11.4. The van der Waals surface area contributed by atoms with Crippen molar-refractivity contribution in [2.45, 2.75) is 25.0 Å². The summed E-state index contributed by atoms with van der Waals surface area (Å²) in [4.78, 5) is 11.4. The number of carbonyl (C=O) groups is 1. The highest BCUT2D eigenvalue weighted by Crippen LogP contribution is 2.32. The van der Waals surface area contributed by atoms with Gasteiger partial charge in [0.25, 0.3) is 5.91 Å². The first kappa shape index (κ1) is 7.38. The van der Waals surface area contributed by atoms with Crippen LogP contribution in [0.1, 0.15) is 12.8 Å². The molecule has 0 saturated carbocycles. The number of fused-ring (bicyclic) bond motifs is 2. The minimum absolute atomic E-state index is 0.0121. The van der Waals surface area contributed by atoms with Gasteiger partial charge >= 0.3 is 0 Å². The third-order valence-corrected chi connectivity index (χ3v) is 2.91. The van der Waals surface area contributed by atoms with E-state index in [1.165, 1.54) is 0 Å². The normalized spacial score (nSPS) is 36.8. The smallest absolute Gasteiger partial charge is 0.251 e. The van der Waals surface area contributed by atoms with Gasteiger partial charge in [0.05, 0.1) is 17.4 Å². The highest BCUT2D eigenvalue weighted by Gasteiger charge is 2.42. The Morgan fingerprint density at radius 1 is 1.31 bits per heavy atom. The minimum atomic E-state index is 0.0121. The van der Waals surface area contributed by atoms with E-state index in [1.807, 2.05) is 0 Å². The molecule has 0 aromatic rings. The molecule has 4 nitrogen and oxygen atoms in total. The molecule has 2 N–H and O–H groups in total. The van der Waals surface area contributed by atoms with Crippen LogP contribution in [0.5, 0.6) is 0 Å². The van der Waals surface area contributed by atoms with Crippen LogP contribution in [0.2, 0.25) is 0 Å². The van der Waals surface area contributed by atoms with E-state index in [9.17, 15) is 4.79 Å². The van der Waals surface area contributed by atoms with Gasteiger partial charge in [0.1, 0.15) is 6.10 Å². The number of ether oxygens (including phenoxy) is 1. The van der Waals surface area contributed by atoms with Crippen molar-refractivity contribution in [1.29, 1.82) is 0 Å². The van der Waals surface area contributed by atoms with Gasteiger partial charge in [-0.25, -0.2) is 0 Å². The Morgan fingerprint density at radius 3 is 3.15 bits per heavy atom. The number of carbonyl (C=O) groups excluding carboxylic acids is 1. The van der Waals surface area contributed by atoms with Crippen molar-refractivity contribution in [3.63, 3.8) is 0 Å². The fraction of sp³-hybridized carbons (Fsp3) is 0.667. The van der Waals surface area contributed by atoms with E-state index in [0.29, 0.717) is 6.54 Å². The van der Waals surface area contributed by atoms with Gasteiger partial charge in [-0.2, -0.15) is 0 Å². The van der Waals surface area contributed by atoms with Crippen LogP contribution in [0.4, 0.5) is 0 Å². The number of hydrogen-bond acceptors (Lipinski definition) is 3. The topological polar surface area (TPSA) is 50.4 Å². The number of rotatable bonds is 0. The van der Waals surface area contributed by atoms with E-state index in [-0.39, 0.29) is 18.1 Å². The van der Waals surface area contributed by atoms with Crippen LogP contribution >= 0.6 is 0 Å². The van der Waals surface area contributed by atoms with E-state index in [0.717, 1.165) is 30.7 Å². The molecule has 2 fully saturated rings. The van der Waals surface area contributed by atoms with Gasteiger partial charge in [0, 0.05) is 13.1 Å². The van der Waals surface area contributed by atoms with Gasteiger partial charge < -0.3 is 15.4 Å². The van der Waals surface area contributed by atoms with Crippen molar-refractivity contribution in [3.05, 3.63) is 11.3 Å². The Kier molecular flexibility index (Phi) is 1.41. The quantitative estimate of drug-likeness (QED) is 0.529. The van der Waals surface area contributed by atoms with Crippen LogP contribution in [0, 0.1) is 0 Å². The lowest BCUT2D eigenvalue weighted by Gasteiger charge is -2.22. The van der Waals surface area contributed by atoms with Gasteiger partial charge in [0.2, 0.25) is 0 Å². The zero-order valence-electron chi connectivity index (χ0n) is 7.30. The van der Waals surface area contributed by atoms with Crippen molar-refractivity contribution in [2.75, 3.05) is 13.1 Å². The van der Waals surface area contributed by atoms with Crippen LogP contribution in [-0.2, 0) is 9.53 Å². The summed E-state index contributed by atoms with van der Waals surface area (Å²) >= 11 is 0. The average Bonchev–Trinajstić information content (AvgIpc) is 2.66. The maximum Gasteiger partial charge on any atom is 0.251 e. The number of hydrogen-bond donors (Lipinski definition) is 2. The standard InChI is InChI=1S/C9H12N2O2/c12-9-7-6(4-11-9)13-5-2-1-3-10-8(5)7/h5-6,10H,1-4H2,(H,11,12). The molecular weight excluding hydrogens is 168 g/mol. The van der Waals surface area contributed by atoms with Crippen molar-refractivity contribution in [3.8, 4) is 0 Å². The zero-order valence-corrected chi connectivity index (χ0v) is 7.30. The molecule has 2 saturated heterocycles. The molecule has 13 heavy (non-hydrogen) atoms. The number of nitrogens with one attached hydrogen (secondary N) is 2. The van der Waals surface area contributed by atoms with Crippen LogP contribution in [0.25, 0.3) is 0 Å². The Morgan fingerprint density at radius 2 is 2.23 bits per heavy atom. The van der Waals surface area contributed by atoms with E-state index < -0.39 is 0 Å². The summed E-state index contributed by atoms with van der Waals surface area (Å²) in [6, 6.07) is 0. The molecule has 3 aliphatic rings. The zero-order chi connectivity index (χ0) is 8.84. The SMILES string of the molecule is O=C1NCC2OC3CCCNC3=C12. The fourth-order valence-corrected chi connectivity index (χ4v) is 2.31. The van der Waals surface area contributed by atoms with Gasteiger partial charge in [-0.15, -0.1) is 0 Å². The lowest BCUT2D eigenvalue weighted by Crippen LogP contribution is -2.32. The molecule has 0 spiro atoms. The molecule has 3 rings (SSSR count). The summed E-state index contributed by atoms with van der Waals surface area (Å²) in [6.07, 6.45) is 2.36. The Balaban J connectivity index is 2.01. The van der Waals surface area contributed by atoms with E-state index in [2.05, 4.69) is 10.6 Å². The first-order valence-electron chi connectivity index (χ1n) is 4.78. The van der Waals surface area contributed by atoms with Crippen molar-refractivity contribution in [2.24, 2.45) is 0 Å². The summed E-state index contributed by atoms with van der Waals surface area (Å²) in [5.41, 5.74) is 1.90. The first-order valence-corrected chi connectivity index (χ1v) is 4.78. The second-order valence-corrected chi connectivity index (χ2v) is 3.72. The predicted octanol–water partition coefficient (Wildman–Crippen LogP) is -0.479. The molecule has 4 heteroatoms. The number of amides is 1. The summed E-state index contributed by atoms with van der Waals surface area (Å²) in [5, 5.41) is 6.07.